The fourth-order valence-electron chi connectivity index (χ4n) is 3.35. The van der Waals surface area contributed by atoms with Crippen LogP contribution in [-0.2, 0) is 11.3 Å². The second kappa shape index (κ2) is 8.87. The van der Waals surface area contributed by atoms with Crippen molar-refractivity contribution in [2.24, 2.45) is 0 Å². The lowest BCUT2D eigenvalue weighted by Crippen LogP contribution is -2.35. The van der Waals surface area contributed by atoms with Crippen LogP contribution in [0.25, 0.3) is 0 Å². The topological polar surface area (TPSA) is 89.0 Å². The van der Waals surface area contributed by atoms with Gasteiger partial charge >= 0.3 is 6.09 Å². The van der Waals surface area contributed by atoms with Gasteiger partial charge in [-0.05, 0) is 50.2 Å². The summed E-state index contributed by atoms with van der Waals surface area (Å²) in [6.07, 6.45) is 1.91. The molecule has 1 atom stereocenters. The number of amides is 2. The van der Waals surface area contributed by atoms with Crippen LogP contribution in [-0.4, -0.2) is 58.6 Å². The number of anilines is 2. The number of hydrazine groups is 1. The van der Waals surface area contributed by atoms with E-state index in [1.807, 2.05) is 18.9 Å². The van der Waals surface area contributed by atoms with Crippen molar-refractivity contribution in [1.29, 1.82) is 0 Å². The number of nitrogens with zero attached hydrogens (tertiary/aromatic N) is 4. The van der Waals surface area contributed by atoms with E-state index < -0.39 is 11.9 Å². The summed E-state index contributed by atoms with van der Waals surface area (Å²) in [4.78, 5) is 30.3. The Balaban J connectivity index is 1.72. The van der Waals surface area contributed by atoms with E-state index in [0.29, 0.717) is 31.7 Å². The Labute approximate surface area is 168 Å². The molecule has 0 saturated carbocycles. The van der Waals surface area contributed by atoms with Crippen molar-refractivity contribution in [2.45, 2.75) is 25.9 Å². The van der Waals surface area contributed by atoms with Crippen LogP contribution in [0.2, 0.25) is 0 Å². The summed E-state index contributed by atoms with van der Waals surface area (Å²) in [5.41, 5.74) is 5.15. The van der Waals surface area contributed by atoms with E-state index in [-0.39, 0.29) is 11.7 Å². The predicted molar refractivity (Wildman–Crippen MR) is 107 cm³/mol. The summed E-state index contributed by atoms with van der Waals surface area (Å²) in [5.74, 6) is -0.533. The van der Waals surface area contributed by atoms with E-state index in [2.05, 4.69) is 10.4 Å². The third-order valence-electron chi connectivity index (χ3n) is 5.03. The van der Waals surface area contributed by atoms with Gasteiger partial charge in [0.05, 0.1) is 11.9 Å². The number of aromatic nitrogens is 1. The number of halogens is 1. The highest BCUT2D eigenvalue weighted by molar-refractivity contribution is 5.79. The molecule has 0 unspecified atom stereocenters. The average molecular weight is 401 g/mol. The van der Waals surface area contributed by atoms with E-state index >= 15 is 0 Å². The molecular weight excluding hydrogens is 377 g/mol. The van der Waals surface area contributed by atoms with Crippen LogP contribution in [0.4, 0.5) is 20.6 Å². The maximum Gasteiger partial charge on any atom is 0.407 e. The third-order valence-corrected chi connectivity index (χ3v) is 5.03. The molecule has 1 aromatic carbocycles. The number of carboxylic acid groups (broad SMARTS) is 1. The minimum atomic E-state index is -0.914. The van der Waals surface area contributed by atoms with E-state index in [1.165, 1.54) is 11.0 Å². The zero-order chi connectivity index (χ0) is 21.0. The summed E-state index contributed by atoms with van der Waals surface area (Å²) < 4.78 is 14.4. The van der Waals surface area contributed by atoms with Gasteiger partial charge in [-0.3, -0.25) is 20.1 Å². The molecule has 0 bridgehead atoms. The van der Waals surface area contributed by atoms with Crippen molar-refractivity contribution in [3.05, 3.63) is 53.6 Å². The molecule has 2 N–H and O–H groups in total. The Morgan fingerprint density at radius 1 is 1.41 bits per heavy atom. The number of hydrogen-bond donors (Lipinski definition) is 2. The smallest absolute Gasteiger partial charge is 0.407 e. The highest BCUT2D eigenvalue weighted by Crippen LogP contribution is 2.23. The first kappa shape index (κ1) is 20.5. The normalized spacial score (nSPS) is 16.1. The number of likely N-dealkylation sites (tertiary alicyclic amines) is 1. The Kier molecular flexibility index (Phi) is 6.28. The van der Waals surface area contributed by atoms with E-state index in [9.17, 15) is 14.0 Å². The zero-order valence-corrected chi connectivity index (χ0v) is 16.4. The minimum absolute atomic E-state index is 0.0959. The van der Waals surface area contributed by atoms with Crippen LogP contribution in [0.15, 0.2) is 36.5 Å². The molecular formula is C20H24FN5O3. The number of hydrogen-bond acceptors (Lipinski definition) is 5. The van der Waals surface area contributed by atoms with Gasteiger partial charge in [-0.15, -0.1) is 0 Å². The number of aryl methyl sites for hydroxylation is 1. The Morgan fingerprint density at radius 3 is 2.83 bits per heavy atom. The molecule has 1 aliphatic rings. The van der Waals surface area contributed by atoms with Crippen molar-refractivity contribution >= 4 is 23.9 Å². The fraction of sp³-hybridized carbons (Fsp3) is 0.350. The van der Waals surface area contributed by atoms with Crippen LogP contribution < -0.4 is 10.4 Å². The highest BCUT2D eigenvalue weighted by atomic mass is 19.1. The standard InChI is InChI=1S/C20H24FN5O3/c1-14-3-5-16(10-22-14)23-26(13-27)19-9-15(4-6-18(19)21)11-24(2)17-7-8-25(12-17)20(28)29/h3-6,9-10,13,17,23H,7-8,11-12H2,1-2H3,(H,28,29)/t17-/m0/s1. The quantitative estimate of drug-likeness (QED) is 0.548. The van der Waals surface area contributed by atoms with Crippen molar-refractivity contribution in [3.63, 3.8) is 0 Å². The maximum atomic E-state index is 14.4. The summed E-state index contributed by atoms with van der Waals surface area (Å²) in [7, 11) is 1.91. The molecule has 1 aliphatic heterocycles. The molecule has 0 spiro atoms. The van der Waals surface area contributed by atoms with Gasteiger partial charge in [-0.1, -0.05) is 6.07 Å². The van der Waals surface area contributed by atoms with Crippen LogP contribution in [0.1, 0.15) is 17.7 Å². The first-order chi connectivity index (χ1) is 13.9. The van der Waals surface area contributed by atoms with E-state index in [0.717, 1.165) is 22.7 Å². The molecule has 1 saturated heterocycles. The van der Waals surface area contributed by atoms with Crippen molar-refractivity contribution in [2.75, 3.05) is 30.6 Å². The summed E-state index contributed by atoms with van der Waals surface area (Å²) >= 11 is 0. The second-order valence-corrected chi connectivity index (χ2v) is 7.15. The minimum Gasteiger partial charge on any atom is -0.465 e. The van der Waals surface area contributed by atoms with E-state index in [1.54, 1.807) is 30.5 Å². The number of pyridine rings is 1. The summed E-state index contributed by atoms with van der Waals surface area (Å²) in [5, 5.41) is 10.2. The molecule has 154 valence electrons. The molecule has 0 aliphatic carbocycles. The first-order valence-electron chi connectivity index (χ1n) is 9.27. The van der Waals surface area contributed by atoms with Gasteiger partial charge in [-0.2, -0.15) is 0 Å². The zero-order valence-electron chi connectivity index (χ0n) is 16.4. The molecule has 1 aromatic heterocycles. The number of rotatable bonds is 7. The fourth-order valence-corrected chi connectivity index (χ4v) is 3.35. The van der Waals surface area contributed by atoms with Gasteiger partial charge < -0.3 is 10.0 Å². The Bertz CT molecular complexity index is 877. The molecule has 1 fully saturated rings. The summed E-state index contributed by atoms with van der Waals surface area (Å²) in [6.45, 7) is 3.31. The first-order valence-corrected chi connectivity index (χ1v) is 9.27. The van der Waals surface area contributed by atoms with Gasteiger partial charge in [0, 0.05) is 31.4 Å². The Hall–Kier alpha value is -3.20. The molecule has 2 amide bonds. The molecule has 8 nitrogen and oxygen atoms in total. The molecule has 0 radical (unpaired) electrons. The van der Waals surface area contributed by atoms with Crippen LogP contribution in [0, 0.1) is 12.7 Å². The van der Waals surface area contributed by atoms with Gasteiger partial charge in [0.15, 0.2) is 0 Å². The second-order valence-electron chi connectivity index (χ2n) is 7.15. The van der Waals surface area contributed by atoms with Crippen molar-refractivity contribution in [3.8, 4) is 0 Å². The lowest BCUT2D eigenvalue weighted by atomic mass is 10.1. The van der Waals surface area contributed by atoms with Gasteiger partial charge in [0.1, 0.15) is 11.5 Å². The van der Waals surface area contributed by atoms with Crippen molar-refractivity contribution in [1.82, 2.24) is 14.8 Å². The number of likely N-dealkylation sites (N-methyl/N-ethyl adjacent to an activating group) is 1. The molecule has 3 rings (SSSR count). The number of benzene rings is 1. The predicted octanol–water partition coefficient (Wildman–Crippen LogP) is 2.70. The van der Waals surface area contributed by atoms with Crippen LogP contribution in [0.3, 0.4) is 0 Å². The molecule has 9 heteroatoms. The van der Waals surface area contributed by atoms with Gasteiger partial charge in [-0.25, -0.2) is 14.2 Å². The van der Waals surface area contributed by atoms with Crippen LogP contribution in [0.5, 0.6) is 0 Å². The monoisotopic (exact) mass is 401 g/mol. The average Bonchev–Trinajstić information content (AvgIpc) is 3.20. The lowest BCUT2D eigenvalue weighted by molar-refractivity contribution is -0.107. The molecule has 2 aromatic rings. The number of carbonyl (C=O) groups is 2. The highest BCUT2D eigenvalue weighted by Gasteiger charge is 2.28. The molecule has 29 heavy (non-hydrogen) atoms. The van der Waals surface area contributed by atoms with Crippen LogP contribution >= 0.6 is 0 Å². The Morgan fingerprint density at radius 2 is 2.21 bits per heavy atom. The largest absolute Gasteiger partial charge is 0.465 e. The SMILES string of the molecule is Cc1ccc(NN(C=O)c2cc(CN(C)[C@H]3CCN(C(=O)O)C3)ccc2F)cn1. The summed E-state index contributed by atoms with van der Waals surface area (Å²) in [6, 6.07) is 8.23. The lowest BCUT2D eigenvalue weighted by Gasteiger charge is -2.25. The number of carbonyl (C=O) groups excluding carboxylic acids is 1. The maximum absolute atomic E-state index is 14.4. The van der Waals surface area contributed by atoms with Crippen molar-refractivity contribution < 1.29 is 19.1 Å². The van der Waals surface area contributed by atoms with Gasteiger partial charge in [0.2, 0.25) is 6.41 Å². The number of nitrogens with one attached hydrogen (secondary N) is 1. The van der Waals surface area contributed by atoms with Gasteiger partial charge in [0.25, 0.3) is 0 Å². The van der Waals surface area contributed by atoms with E-state index in [4.69, 9.17) is 5.11 Å². The molecule has 2 heterocycles. The third kappa shape index (κ3) is 5.00.